The Balaban J connectivity index is 1.55. The van der Waals surface area contributed by atoms with Crippen molar-refractivity contribution in [2.24, 2.45) is 5.92 Å². The van der Waals surface area contributed by atoms with Gasteiger partial charge in [0.2, 0.25) is 0 Å². The number of likely N-dealkylation sites (tertiary alicyclic amines) is 1. The number of hydrogen-bond acceptors (Lipinski definition) is 3. The monoisotopic (exact) mass is 381 g/mol. The molecule has 0 N–H and O–H groups in total. The summed E-state index contributed by atoms with van der Waals surface area (Å²) in [5.74, 6) is -0.211. The van der Waals surface area contributed by atoms with Crippen molar-refractivity contribution in [2.45, 2.75) is 56.3 Å². The highest BCUT2D eigenvalue weighted by Crippen LogP contribution is 2.44. The number of amides is 1. The molecule has 1 saturated heterocycles. The van der Waals surface area contributed by atoms with Gasteiger partial charge in [0.1, 0.15) is 5.82 Å². The Kier molecular flexibility index (Phi) is 4.97. The van der Waals surface area contributed by atoms with Crippen LogP contribution in [0.2, 0.25) is 5.02 Å². The molecule has 3 atom stereocenters. The van der Waals surface area contributed by atoms with Crippen LogP contribution in [0.3, 0.4) is 0 Å². The van der Waals surface area contributed by atoms with E-state index in [1.54, 1.807) is 18.1 Å². The summed E-state index contributed by atoms with van der Waals surface area (Å²) in [7, 11) is 1.71. The predicted octanol–water partition coefficient (Wildman–Crippen LogP) is 4.06. The summed E-state index contributed by atoms with van der Waals surface area (Å²) in [6.07, 6.45) is 5.95. The summed E-state index contributed by atoms with van der Waals surface area (Å²) >= 11 is 6.12. The molecule has 1 aromatic rings. The topological polar surface area (TPSA) is 38.8 Å². The van der Waals surface area contributed by atoms with Gasteiger partial charge in [-0.15, -0.1) is 0 Å². The highest BCUT2D eigenvalue weighted by Gasteiger charge is 2.53. The van der Waals surface area contributed by atoms with Crippen LogP contribution in [0.1, 0.15) is 48.9 Å². The van der Waals surface area contributed by atoms with E-state index in [4.69, 9.17) is 21.1 Å². The lowest BCUT2D eigenvalue weighted by molar-refractivity contribution is -0.0977. The molecule has 142 valence electrons. The van der Waals surface area contributed by atoms with E-state index in [0.29, 0.717) is 12.5 Å². The number of carbonyl (C=O) groups is 1. The van der Waals surface area contributed by atoms with Crippen LogP contribution < -0.4 is 0 Å². The van der Waals surface area contributed by atoms with Crippen molar-refractivity contribution in [1.29, 1.82) is 0 Å². The predicted molar refractivity (Wildman–Crippen MR) is 96.9 cm³/mol. The third-order valence-corrected chi connectivity index (χ3v) is 6.56. The van der Waals surface area contributed by atoms with Crippen molar-refractivity contribution in [1.82, 2.24) is 4.90 Å². The number of methoxy groups -OCH3 is 1. The van der Waals surface area contributed by atoms with Gasteiger partial charge in [-0.05, 0) is 56.6 Å². The number of ether oxygens (including phenoxy) is 2. The minimum absolute atomic E-state index is 0.0397. The Hall–Kier alpha value is -1.17. The van der Waals surface area contributed by atoms with Crippen LogP contribution >= 0.6 is 11.6 Å². The second-order valence-electron chi connectivity index (χ2n) is 7.80. The van der Waals surface area contributed by atoms with Gasteiger partial charge in [-0.2, -0.15) is 0 Å². The van der Waals surface area contributed by atoms with E-state index in [0.717, 1.165) is 32.3 Å². The zero-order chi connectivity index (χ0) is 18.3. The van der Waals surface area contributed by atoms with Crippen molar-refractivity contribution in [3.8, 4) is 0 Å². The second kappa shape index (κ2) is 7.10. The molecule has 3 fully saturated rings. The van der Waals surface area contributed by atoms with E-state index in [9.17, 15) is 9.18 Å². The quantitative estimate of drug-likeness (QED) is 0.772. The highest BCUT2D eigenvalue weighted by molar-refractivity contribution is 6.33. The molecular weight excluding hydrogens is 357 g/mol. The average molecular weight is 382 g/mol. The number of halogens is 2. The number of benzene rings is 1. The Bertz CT molecular complexity index is 675. The van der Waals surface area contributed by atoms with Gasteiger partial charge in [0.05, 0.1) is 28.3 Å². The van der Waals surface area contributed by atoms with Crippen molar-refractivity contribution >= 4 is 17.5 Å². The largest absolute Gasteiger partial charge is 0.378 e. The van der Waals surface area contributed by atoms with Crippen LogP contribution in [0.25, 0.3) is 0 Å². The molecule has 2 aliphatic carbocycles. The molecule has 0 unspecified atom stereocenters. The van der Waals surface area contributed by atoms with Gasteiger partial charge in [-0.3, -0.25) is 4.79 Å². The third kappa shape index (κ3) is 3.25. The Labute approximate surface area is 158 Å². The molecule has 26 heavy (non-hydrogen) atoms. The normalized spacial score (nSPS) is 31.1. The summed E-state index contributed by atoms with van der Waals surface area (Å²) in [5.41, 5.74) is -0.394. The van der Waals surface area contributed by atoms with Crippen molar-refractivity contribution in [3.05, 3.63) is 34.6 Å². The highest BCUT2D eigenvalue weighted by atomic mass is 35.5. The molecule has 4 nitrogen and oxygen atoms in total. The van der Waals surface area contributed by atoms with E-state index >= 15 is 0 Å². The van der Waals surface area contributed by atoms with E-state index in [1.807, 2.05) is 0 Å². The van der Waals surface area contributed by atoms with Gasteiger partial charge in [-0.1, -0.05) is 17.7 Å². The Morgan fingerprint density at radius 2 is 2.15 bits per heavy atom. The first-order chi connectivity index (χ1) is 12.5. The van der Waals surface area contributed by atoms with Gasteiger partial charge in [0.25, 0.3) is 5.91 Å². The van der Waals surface area contributed by atoms with Crippen molar-refractivity contribution in [2.75, 3.05) is 20.3 Å². The number of nitrogens with zero attached hydrogens (tertiary/aromatic N) is 1. The lowest BCUT2D eigenvalue weighted by Gasteiger charge is -2.43. The molecule has 4 rings (SSSR count). The van der Waals surface area contributed by atoms with Gasteiger partial charge < -0.3 is 14.4 Å². The lowest BCUT2D eigenvalue weighted by Crippen LogP contribution is -2.53. The SMILES string of the molecule is CO[C@@]12CC[C@@H](OCC3CC3)C[C@@H]1N(C(=O)c1c(F)cccc1Cl)CC2. The summed E-state index contributed by atoms with van der Waals surface area (Å²) in [5, 5.41) is 0.155. The van der Waals surface area contributed by atoms with Crippen molar-refractivity contribution < 1.29 is 18.7 Å². The molecule has 6 heteroatoms. The van der Waals surface area contributed by atoms with E-state index < -0.39 is 5.82 Å². The first-order valence-electron chi connectivity index (χ1n) is 9.46. The maximum atomic E-state index is 14.3. The fraction of sp³-hybridized carbons (Fsp3) is 0.650. The maximum absolute atomic E-state index is 14.3. The van der Waals surface area contributed by atoms with Crippen molar-refractivity contribution in [3.63, 3.8) is 0 Å². The Morgan fingerprint density at radius 3 is 2.85 bits per heavy atom. The summed E-state index contributed by atoms with van der Waals surface area (Å²) < 4.78 is 26.2. The molecule has 0 bridgehead atoms. The second-order valence-corrected chi connectivity index (χ2v) is 8.21. The molecule has 0 radical (unpaired) electrons. The number of hydrogen-bond donors (Lipinski definition) is 0. The van der Waals surface area contributed by atoms with Crippen LogP contribution in [0, 0.1) is 11.7 Å². The lowest BCUT2D eigenvalue weighted by atomic mass is 9.79. The molecule has 0 aromatic heterocycles. The van der Waals surface area contributed by atoms with Crippen LogP contribution in [-0.2, 0) is 9.47 Å². The first-order valence-corrected chi connectivity index (χ1v) is 9.83. The van der Waals surface area contributed by atoms with Gasteiger partial charge in [-0.25, -0.2) is 4.39 Å². The first kappa shape index (κ1) is 18.2. The van der Waals surface area contributed by atoms with Gasteiger partial charge in [0.15, 0.2) is 0 Å². The van der Waals surface area contributed by atoms with Crippen LogP contribution in [0.15, 0.2) is 18.2 Å². The van der Waals surface area contributed by atoms with E-state index in [2.05, 4.69) is 0 Å². The van der Waals surface area contributed by atoms with Gasteiger partial charge in [0, 0.05) is 20.3 Å². The zero-order valence-corrected chi connectivity index (χ0v) is 15.8. The number of fused-ring (bicyclic) bond motifs is 1. The van der Waals surface area contributed by atoms with Crippen LogP contribution in [-0.4, -0.2) is 48.8 Å². The summed E-state index contributed by atoms with van der Waals surface area (Å²) in [6.45, 7) is 1.36. The van der Waals surface area contributed by atoms with Gasteiger partial charge >= 0.3 is 0 Å². The van der Waals surface area contributed by atoms with Crippen LogP contribution in [0.5, 0.6) is 0 Å². The fourth-order valence-electron chi connectivity index (χ4n) is 4.46. The average Bonchev–Trinajstić information content (AvgIpc) is 3.38. The molecule has 3 aliphatic rings. The molecule has 1 heterocycles. The Morgan fingerprint density at radius 1 is 1.35 bits per heavy atom. The summed E-state index contributed by atoms with van der Waals surface area (Å²) in [6, 6.07) is 4.25. The number of carbonyl (C=O) groups excluding carboxylic acids is 1. The zero-order valence-electron chi connectivity index (χ0n) is 15.0. The van der Waals surface area contributed by atoms with E-state index in [1.165, 1.54) is 25.0 Å². The standard InChI is InChI=1S/C20H25ClFNO3/c1-25-20-8-7-14(26-12-13-5-6-13)11-17(20)23(10-9-20)19(24)18-15(21)3-2-4-16(18)22/h2-4,13-14,17H,5-12H2,1H3/t14-,17+,20-/m1/s1. The smallest absolute Gasteiger partial charge is 0.258 e. The maximum Gasteiger partial charge on any atom is 0.258 e. The molecule has 0 spiro atoms. The molecule has 2 saturated carbocycles. The molecule has 1 aliphatic heterocycles. The summed E-state index contributed by atoms with van der Waals surface area (Å²) in [4.78, 5) is 14.8. The minimum Gasteiger partial charge on any atom is -0.378 e. The molecule has 1 aromatic carbocycles. The minimum atomic E-state index is -0.574. The van der Waals surface area contributed by atoms with Crippen LogP contribution in [0.4, 0.5) is 4.39 Å². The number of rotatable bonds is 5. The molecular formula is C20H25ClFNO3. The molecule has 1 amide bonds. The third-order valence-electron chi connectivity index (χ3n) is 6.24. The van der Waals surface area contributed by atoms with E-state index in [-0.39, 0.29) is 34.2 Å². The fourth-order valence-corrected chi connectivity index (χ4v) is 4.70.